The van der Waals surface area contributed by atoms with E-state index in [4.69, 9.17) is 4.74 Å². The lowest BCUT2D eigenvalue weighted by Crippen LogP contribution is -2.31. The average Bonchev–Trinajstić information content (AvgIpc) is 3.04. The zero-order chi connectivity index (χ0) is 17.5. The van der Waals surface area contributed by atoms with Gasteiger partial charge in [-0.15, -0.1) is 23.1 Å². The molecule has 0 saturated carbocycles. The molecule has 2 aromatic rings. The summed E-state index contributed by atoms with van der Waals surface area (Å²) in [6, 6.07) is 9.82. The van der Waals surface area contributed by atoms with Gasteiger partial charge in [0.05, 0.1) is 5.75 Å². The number of esters is 1. The Morgan fingerprint density at radius 2 is 1.92 bits per heavy atom. The first-order valence-electron chi connectivity index (χ1n) is 7.64. The van der Waals surface area contributed by atoms with Gasteiger partial charge in [0.1, 0.15) is 0 Å². The normalized spacial score (nSPS) is 11.8. The predicted molar refractivity (Wildman–Crippen MR) is 101 cm³/mol. The molecule has 6 heteroatoms. The summed E-state index contributed by atoms with van der Waals surface area (Å²) in [7, 11) is 0. The Morgan fingerprint density at radius 3 is 2.54 bits per heavy atom. The number of hydrogen-bond acceptors (Lipinski definition) is 5. The van der Waals surface area contributed by atoms with Gasteiger partial charge in [-0.25, -0.2) is 0 Å². The highest BCUT2D eigenvalue weighted by atomic mass is 32.2. The van der Waals surface area contributed by atoms with E-state index in [0.717, 1.165) is 22.6 Å². The molecule has 4 nitrogen and oxygen atoms in total. The van der Waals surface area contributed by atoms with Gasteiger partial charge in [-0.1, -0.05) is 24.3 Å². The molecule has 0 radical (unpaired) electrons. The van der Waals surface area contributed by atoms with Crippen LogP contribution in [0.5, 0.6) is 0 Å². The third kappa shape index (κ3) is 5.39. The predicted octanol–water partition coefficient (Wildman–Crippen LogP) is 4.17. The molecule has 0 aliphatic rings. The minimum Gasteiger partial charge on any atom is -0.452 e. The third-order valence-corrected chi connectivity index (χ3v) is 5.47. The van der Waals surface area contributed by atoms with Crippen LogP contribution in [0.4, 0.5) is 5.69 Å². The van der Waals surface area contributed by atoms with Gasteiger partial charge >= 0.3 is 5.97 Å². The Bertz CT molecular complexity index is 678. The van der Waals surface area contributed by atoms with Crippen LogP contribution in [0.25, 0.3) is 0 Å². The topological polar surface area (TPSA) is 55.4 Å². The molecule has 1 amide bonds. The number of ether oxygens (including phenoxy) is 1. The number of nitrogens with one attached hydrogen (secondary N) is 1. The van der Waals surface area contributed by atoms with E-state index in [1.807, 2.05) is 49.6 Å². The fourth-order valence-corrected chi connectivity index (χ4v) is 3.80. The van der Waals surface area contributed by atoms with Crippen molar-refractivity contribution >= 4 is 40.7 Å². The van der Waals surface area contributed by atoms with Crippen LogP contribution in [0, 0.1) is 13.8 Å². The monoisotopic (exact) mass is 363 g/mol. The minimum atomic E-state index is -0.821. The summed E-state index contributed by atoms with van der Waals surface area (Å²) in [5, 5.41) is 4.85. The van der Waals surface area contributed by atoms with Crippen LogP contribution in [0.15, 0.2) is 35.7 Å². The van der Waals surface area contributed by atoms with Gasteiger partial charge in [0.25, 0.3) is 5.91 Å². The van der Waals surface area contributed by atoms with Crippen LogP contribution >= 0.6 is 23.1 Å². The fourth-order valence-electron chi connectivity index (χ4n) is 2.15. The summed E-state index contributed by atoms with van der Waals surface area (Å²) in [5.74, 6) is 0.319. The molecule has 0 saturated heterocycles. The average molecular weight is 364 g/mol. The Hall–Kier alpha value is -1.79. The van der Waals surface area contributed by atoms with E-state index in [9.17, 15) is 9.59 Å². The van der Waals surface area contributed by atoms with Crippen molar-refractivity contribution in [2.45, 2.75) is 32.6 Å². The number of para-hydroxylation sites is 1. The number of thiophene rings is 1. The van der Waals surface area contributed by atoms with E-state index < -0.39 is 6.10 Å². The van der Waals surface area contributed by atoms with Crippen LogP contribution in [-0.4, -0.2) is 23.7 Å². The van der Waals surface area contributed by atoms with Gasteiger partial charge in [0, 0.05) is 16.3 Å². The van der Waals surface area contributed by atoms with Crippen molar-refractivity contribution in [3.8, 4) is 0 Å². The molecular weight excluding hydrogens is 342 g/mol. The first-order chi connectivity index (χ1) is 11.5. The van der Waals surface area contributed by atoms with Gasteiger partial charge in [-0.3, -0.25) is 9.59 Å². The highest BCUT2D eigenvalue weighted by Gasteiger charge is 2.19. The first kappa shape index (κ1) is 18.5. The van der Waals surface area contributed by atoms with E-state index in [-0.39, 0.29) is 17.6 Å². The van der Waals surface area contributed by atoms with Crippen molar-refractivity contribution in [2.24, 2.45) is 0 Å². The molecule has 1 N–H and O–H groups in total. The third-order valence-electron chi connectivity index (χ3n) is 3.45. The molecule has 1 aromatic heterocycles. The molecule has 1 heterocycles. The summed E-state index contributed by atoms with van der Waals surface area (Å²) >= 11 is 3.15. The molecule has 2 rings (SSSR count). The Kier molecular flexibility index (Phi) is 6.87. The van der Waals surface area contributed by atoms with Crippen LogP contribution in [0.1, 0.15) is 22.9 Å². The Labute approximate surface area is 150 Å². The number of rotatable bonds is 7. The highest BCUT2D eigenvalue weighted by molar-refractivity contribution is 7.99. The molecule has 0 spiro atoms. The van der Waals surface area contributed by atoms with E-state index in [2.05, 4.69) is 5.32 Å². The number of thioether (sulfide) groups is 1. The molecule has 1 atom stereocenters. The highest BCUT2D eigenvalue weighted by Crippen LogP contribution is 2.20. The summed E-state index contributed by atoms with van der Waals surface area (Å²) in [4.78, 5) is 25.3. The van der Waals surface area contributed by atoms with Gasteiger partial charge in [-0.2, -0.15) is 0 Å². The molecule has 0 aliphatic carbocycles. The van der Waals surface area contributed by atoms with Crippen molar-refractivity contribution in [3.05, 3.63) is 51.7 Å². The first-order valence-corrected chi connectivity index (χ1v) is 9.67. The summed E-state index contributed by atoms with van der Waals surface area (Å²) in [6.07, 6.45) is -0.821. The summed E-state index contributed by atoms with van der Waals surface area (Å²) in [5.41, 5.74) is 2.74. The number of hydrogen-bond donors (Lipinski definition) is 1. The number of carbonyl (C=O) groups is 2. The van der Waals surface area contributed by atoms with Gasteiger partial charge in [0.15, 0.2) is 6.10 Å². The number of carbonyl (C=O) groups excluding carboxylic acids is 2. The van der Waals surface area contributed by atoms with Gasteiger partial charge in [0.2, 0.25) is 0 Å². The van der Waals surface area contributed by atoms with Crippen molar-refractivity contribution in [1.29, 1.82) is 0 Å². The van der Waals surface area contributed by atoms with E-state index >= 15 is 0 Å². The fraction of sp³-hybridized carbons (Fsp3) is 0.333. The van der Waals surface area contributed by atoms with Crippen LogP contribution < -0.4 is 5.32 Å². The molecule has 1 aromatic carbocycles. The van der Waals surface area contributed by atoms with Crippen molar-refractivity contribution in [3.63, 3.8) is 0 Å². The maximum atomic E-state index is 12.2. The number of amides is 1. The standard InChI is InChI=1S/C18H21NO3S2/c1-12-6-4-7-13(2)17(12)19-18(21)14(3)22-16(20)11-23-10-15-8-5-9-24-15/h4-9,14H,10-11H2,1-3H3,(H,19,21)/t14-/m1/s1. The molecule has 0 aliphatic heterocycles. The summed E-state index contributed by atoms with van der Waals surface area (Å²) < 4.78 is 5.22. The smallest absolute Gasteiger partial charge is 0.316 e. The Balaban J connectivity index is 1.79. The molecule has 24 heavy (non-hydrogen) atoms. The summed E-state index contributed by atoms with van der Waals surface area (Å²) in [6.45, 7) is 5.45. The Morgan fingerprint density at radius 1 is 1.21 bits per heavy atom. The van der Waals surface area contributed by atoms with Crippen molar-refractivity contribution in [1.82, 2.24) is 0 Å². The molecule has 128 valence electrons. The number of anilines is 1. The lowest BCUT2D eigenvalue weighted by atomic mass is 10.1. The van der Waals surface area contributed by atoms with E-state index in [1.54, 1.807) is 18.3 Å². The van der Waals surface area contributed by atoms with E-state index in [0.29, 0.717) is 0 Å². The molecular formula is C18H21NO3S2. The van der Waals surface area contributed by atoms with Gasteiger partial charge < -0.3 is 10.1 Å². The molecule has 0 unspecified atom stereocenters. The lowest BCUT2D eigenvalue weighted by molar-refractivity contribution is -0.150. The second-order valence-corrected chi connectivity index (χ2v) is 7.48. The van der Waals surface area contributed by atoms with Crippen molar-refractivity contribution in [2.75, 3.05) is 11.1 Å². The second kappa shape index (κ2) is 8.89. The maximum Gasteiger partial charge on any atom is 0.316 e. The second-order valence-electron chi connectivity index (χ2n) is 5.46. The van der Waals surface area contributed by atoms with Crippen molar-refractivity contribution < 1.29 is 14.3 Å². The molecule has 0 fully saturated rings. The molecule has 0 bridgehead atoms. The zero-order valence-electron chi connectivity index (χ0n) is 14.0. The minimum absolute atomic E-state index is 0.235. The van der Waals surface area contributed by atoms with Crippen LogP contribution in [0.2, 0.25) is 0 Å². The lowest BCUT2D eigenvalue weighted by Gasteiger charge is -2.16. The SMILES string of the molecule is Cc1cccc(C)c1NC(=O)[C@@H](C)OC(=O)CSCc1cccs1. The van der Waals surface area contributed by atoms with E-state index in [1.165, 1.54) is 16.6 Å². The number of benzene rings is 1. The van der Waals surface area contributed by atoms with Gasteiger partial charge in [-0.05, 0) is 43.3 Å². The van der Waals surface area contributed by atoms with Crippen LogP contribution in [-0.2, 0) is 20.1 Å². The zero-order valence-corrected chi connectivity index (χ0v) is 15.6. The number of aryl methyl sites for hydroxylation is 2. The van der Waals surface area contributed by atoms with Crippen LogP contribution in [0.3, 0.4) is 0 Å². The maximum absolute atomic E-state index is 12.2. The quantitative estimate of drug-likeness (QED) is 0.750. The largest absolute Gasteiger partial charge is 0.452 e.